The maximum atomic E-state index is 11.1. The van der Waals surface area contributed by atoms with Crippen LogP contribution in [-0.4, -0.2) is 84.7 Å². The third-order valence-electron chi connectivity index (χ3n) is 7.64. The van der Waals surface area contributed by atoms with Crippen LogP contribution < -0.4 is 5.32 Å². The van der Waals surface area contributed by atoms with Gasteiger partial charge >= 0.3 is 0 Å². The van der Waals surface area contributed by atoms with Crippen LogP contribution in [0.15, 0.2) is 41.0 Å². The average molecular weight is 424 g/mol. The smallest absolute Gasteiger partial charge is 0.134 e. The number of fused-ring (bicyclic) bond motifs is 1. The Hall–Kier alpha value is -1.73. The topological polar surface area (TPSA) is 54.3 Å². The van der Waals surface area contributed by atoms with Gasteiger partial charge in [0.2, 0.25) is 0 Å². The molecule has 0 bridgehead atoms. The second-order valence-corrected chi connectivity index (χ2v) is 9.82. The van der Waals surface area contributed by atoms with Crippen LogP contribution in [0.3, 0.4) is 0 Å². The normalized spacial score (nSPS) is 27.0. The molecule has 2 N–H and O–H groups in total. The minimum atomic E-state index is -0.697. The number of nitrogens with zero attached hydrogens (tertiary/aromatic N) is 4. The number of rotatable bonds is 6. The number of amidine groups is 1. The van der Waals surface area contributed by atoms with Crippen LogP contribution in [0, 0.1) is 0 Å². The van der Waals surface area contributed by atoms with Gasteiger partial charge in [-0.1, -0.05) is 24.3 Å². The molecular formula is C25H37N5O. The van der Waals surface area contributed by atoms with Crippen LogP contribution in [0.4, 0.5) is 0 Å². The van der Waals surface area contributed by atoms with Gasteiger partial charge in [0.25, 0.3) is 0 Å². The second-order valence-electron chi connectivity index (χ2n) is 9.82. The highest BCUT2D eigenvalue weighted by Gasteiger charge is 2.34. The molecule has 3 fully saturated rings. The van der Waals surface area contributed by atoms with E-state index in [0.717, 1.165) is 62.4 Å². The van der Waals surface area contributed by atoms with Gasteiger partial charge in [0.05, 0.1) is 5.60 Å². The summed E-state index contributed by atoms with van der Waals surface area (Å²) in [6.45, 7) is 7.89. The summed E-state index contributed by atoms with van der Waals surface area (Å²) in [5, 5.41) is 14.5. The first kappa shape index (κ1) is 21.1. The molecule has 168 valence electrons. The van der Waals surface area contributed by atoms with Crippen molar-refractivity contribution in [1.82, 2.24) is 20.0 Å². The van der Waals surface area contributed by atoms with Crippen molar-refractivity contribution in [1.29, 1.82) is 0 Å². The van der Waals surface area contributed by atoms with Crippen LogP contribution in [0.25, 0.3) is 0 Å². The van der Waals surface area contributed by atoms with E-state index in [4.69, 9.17) is 4.99 Å². The summed E-state index contributed by atoms with van der Waals surface area (Å²) in [5.74, 6) is 0.946. The van der Waals surface area contributed by atoms with E-state index >= 15 is 0 Å². The number of aliphatic imine (C=N–C) groups is 1. The first-order valence-corrected chi connectivity index (χ1v) is 12.1. The summed E-state index contributed by atoms with van der Waals surface area (Å²) in [6, 6.07) is 8.41. The number of hydrogen-bond donors (Lipinski definition) is 2. The molecule has 0 aliphatic carbocycles. The first-order valence-electron chi connectivity index (χ1n) is 12.1. The maximum absolute atomic E-state index is 11.1. The summed E-state index contributed by atoms with van der Waals surface area (Å²) in [5.41, 5.74) is 2.83. The molecule has 1 aromatic rings. The molecular weight excluding hydrogens is 386 g/mol. The summed E-state index contributed by atoms with van der Waals surface area (Å²) in [4.78, 5) is 12.5. The van der Waals surface area contributed by atoms with Crippen molar-refractivity contribution in [3.63, 3.8) is 0 Å². The third-order valence-corrected chi connectivity index (χ3v) is 7.64. The molecule has 0 saturated carbocycles. The Bertz CT molecular complexity index is 819. The van der Waals surface area contributed by atoms with E-state index in [9.17, 15) is 5.11 Å². The molecule has 4 aliphatic rings. The van der Waals surface area contributed by atoms with E-state index in [1.54, 1.807) is 0 Å². The van der Waals surface area contributed by atoms with Crippen LogP contribution in [0.5, 0.6) is 0 Å². The fraction of sp³-hybridized carbons (Fsp3) is 0.640. The maximum Gasteiger partial charge on any atom is 0.134 e. The lowest BCUT2D eigenvalue weighted by molar-refractivity contribution is -0.0203. The molecule has 6 nitrogen and oxygen atoms in total. The van der Waals surface area contributed by atoms with Crippen molar-refractivity contribution >= 4 is 5.84 Å². The average Bonchev–Trinajstić information content (AvgIpc) is 3.46. The van der Waals surface area contributed by atoms with Gasteiger partial charge in [-0.05, 0) is 76.3 Å². The largest absolute Gasteiger partial charge is 0.385 e. The van der Waals surface area contributed by atoms with Crippen LogP contribution in [0.2, 0.25) is 0 Å². The Morgan fingerprint density at radius 3 is 2.52 bits per heavy atom. The van der Waals surface area contributed by atoms with Gasteiger partial charge in [0.1, 0.15) is 12.0 Å². The van der Waals surface area contributed by atoms with E-state index in [0.29, 0.717) is 0 Å². The Morgan fingerprint density at radius 1 is 1.03 bits per heavy atom. The van der Waals surface area contributed by atoms with Crippen molar-refractivity contribution in [3.8, 4) is 0 Å². The fourth-order valence-corrected chi connectivity index (χ4v) is 5.50. The minimum Gasteiger partial charge on any atom is -0.385 e. The lowest BCUT2D eigenvalue weighted by Gasteiger charge is -2.37. The van der Waals surface area contributed by atoms with Crippen molar-refractivity contribution in [2.45, 2.75) is 50.3 Å². The predicted molar refractivity (Wildman–Crippen MR) is 125 cm³/mol. The monoisotopic (exact) mass is 423 g/mol. The number of piperidine rings is 1. The molecule has 5 rings (SSSR count). The number of aliphatic hydroxyl groups is 1. The summed E-state index contributed by atoms with van der Waals surface area (Å²) in [7, 11) is 2.12. The number of benzene rings is 1. The molecule has 1 atom stereocenters. The molecule has 31 heavy (non-hydrogen) atoms. The van der Waals surface area contributed by atoms with Crippen LogP contribution >= 0.6 is 0 Å². The van der Waals surface area contributed by atoms with Crippen LogP contribution in [0.1, 0.15) is 49.7 Å². The van der Waals surface area contributed by atoms with Crippen molar-refractivity contribution in [2.75, 3.05) is 52.9 Å². The lowest BCUT2D eigenvalue weighted by Crippen LogP contribution is -2.40. The standard InChI is InChI=1S/C25H37N5O/c1-28-17-10-25(31,11-18-28)22-7-5-20(6-8-22)23-26-19-21-9-16-30(24(21)27-23)15-4-14-29-12-2-3-13-29/h5-8,19,24,31H,2-4,9-18H2,1H3,(H,26,27). The molecule has 1 unspecified atom stereocenters. The molecule has 6 heteroatoms. The quantitative estimate of drug-likeness (QED) is 0.736. The van der Waals surface area contributed by atoms with E-state index in [2.05, 4.69) is 57.5 Å². The van der Waals surface area contributed by atoms with Gasteiger partial charge in [0.15, 0.2) is 0 Å². The van der Waals surface area contributed by atoms with Gasteiger partial charge in [-0.2, -0.15) is 0 Å². The number of likely N-dealkylation sites (tertiary alicyclic amines) is 3. The lowest BCUT2D eigenvalue weighted by atomic mass is 9.84. The molecule has 1 aromatic carbocycles. The molecule has 4 aliphatic heterocycles. The van der Waals surface area contributed by atoms with Gasteiger partial charge in [-0.3, -0.25) is 4.90 Å². The van der Waals surface area contributed by atoms with E-state index in [1.807, 2.05) is 0 Å². The van der Waals surface area contributed by atoms with E-state index < -0.39 is 5.60 Å². The third kappa shape index (κ3) is 4.58. The van der Waals surface area contributed by atoms with Gasteiger partial charge in [0, 0.05) is 37.9 Å². The molecule has 0 aromatic heterocycles. The zero-order valence-corrected chi connectivity index (χ0v) is 18.9. The van der Waals surface area contributed by atoms with Crippen molar-refractivity contribution in [2.24, 2.45) is 4.99 Å². The molecule has 0 amide bonds. The highest BCUT2D eigenvalue weighted by atomic mass is 16.3. The minimum absolute atomic E-state index is 0.188. The van der Waals surface area contributed by atoms with Crippen LogP contribution in [-0.2, 0) is 5.60 Å². The fourth-order valence-electron chi connectivity index (χ4n) is 5.50. The Balaban J connectivity index is 1.23. The molecule has 3 saturated heterocycles. The SMILES string of the molecule is CN1CCC(O)(c2ccc(C3=NC4C(=CN3)CCN4CCCN3CCCC3)cc2)CC1. The second kappa shape index (κ2) is 9.02. The molecule has 0 radical (unpaired) electrons. The van der Waals surface area contributed by atoms with Crippen molar-refractivity contribution in [3.05, 3.63) is 47.2 Å². The number of hydrogen-bond acceptors (Lipinski definition) is 6. The zero-order chi connectivity index (χ0) is 21.3. The summed E-state index contributed by atoms with van der Waals surface area (Å²) < 4.78 is 0. The van der Waals surface area contributed by atoms with Gasteiger partial charge in [-0.25, -0.2) is 4.99 Å². The summed E-state index contributed by atoms with van der Waals surface area (Å²) in [6.07, 6.45) is 9.02. The molecule has 0 spiro atoms. The Kier molecular flexibility index (Phi) is 6.15. The van der Waals surface area contributed by atoms with E-state index in [-0.39, 0.29) is 6.17 Å². The van der Waals surface area contributed by atoms with Crippen molar-refractivity contribution < 1.29 is 5.11 Å². The summed E-state index contributed by atoms with van der Waals surface area (Å²) >= 11 is 0. The first-order chi connectivity index (χ1) is 15.1. The van der Waals surface area contributed by atoms with Gasteiger partial charge in [-0.15, -0.1) is 0 Å². The van der Waals surface area contributed by atoms with Gasteiger partial charge < -0.3 is 20.2 Å². The molecule has 4 heterocycles. The number of nitrogens with one attached hydrogen (secondary N) is 1. The highest BCUT2D eigenvalue weighted by molar-refractivity contribution is 6.00. The van der Waals surface area contributed by atoms with E-state index in [1.165, 1.54) is 44.5 Å². The zero-order valence-electron chi connectivity index (χ0n) is 18.9. The predicted octanol–water partition coefficient (Wildman–Crippen LogP) is 2.35. The Morgan fingerprint density at radius 2 is 1.77 bits per heavy atom. The highest BCUT2D eigenvalue weighted by Crippen LogP contribution is 2.33. The Labute approximate surface area is 186 Å².